The minimum Gasteiger partial charge on any atom is -0.455 e. The molecule has 0 aliphatic heterocycles. The second-order valence-corrected chi connectivity index (χ2v) is 6.89. The summed E-state index contributed by atoms with van der Waals surface area (Å²) >= 11 is 0. The molecule has 0 unspecified atom stereocenters. The quantitative estimate of drug-likeness (QED) is 0.396. The number of aromatic nitrogens is 2. The molecule has 0 atom stereocenters. The Hall–Kier alpha value is -3.46. The third-order valence-corrected chi connectivity index (χ3v) is 5.16. The maximum absolute atomic E-state index is 6.20. The van der Waals surface area contributed by atoms with Crippen LogP contribution < -0.4 is 4.57 Å². The van der Waals surface area contributed by atoms with E-state index in [1.54, 1.807) is 0 Å². The predicted molar refractivity (Wildman–Crippen MR) is 108 cm³/mol. The molecule has 0 radical (unpaired) electrons. The number of benzene rings is 3. The first-order chi connectivity index (χ1) is 13.2. The second-order valence-electron chi connectivity index (χ2n) is 6.89. The molecule has 0 fully saturated rings. The summed E-state index contributed by atoms with van der Waals surface area (Å²) in [6.45, 7) is 2.15. The van der Waals surface area contributed by atoms with Crippen molar-refractivity contribution in [1.29, 1.82) is 0 Å². The van der Waals surface area contributed by atoms with Crippen molar-refractivity contribution in [3.8, 4) is 22.4 Å². The average Bonchev–Trinajstić information content (AvgIpc) is 3.07. The van der Waals surface area contributed by atoms with E-state index in [1.165, 1.54) is 11.1 Å². The lowest BCUT2D eigenvalue weighted by atomic mass is 9.97. The molecule has 5 rings (SSSR count). The van der Waals surface area contributed by atoms with E-state index in [9.17, 15) is 0 Å². The van der Waals surface area contributed by atoms with Gasteiger partial charge in [-0.25, -0.2) is 4.57 Å². The van der Waals surface area contributed by atoms with Crippen LogP contribution >= 0.6 is 0 Å². The zero-order chi connectivity index (χ0) is 18.4. The Labute approximate surface area is 157 Å². The van der Waals surface area contributed by atoms with Crippen LogP contribution in [-0.2, 0) is 7.05 Å². The van der Waals surface area contributed by atoms with E-state index in [4.69, 9.17) is 4.42 Å². The minimum absolute atomic E-state index is 0.928. The molecule has 0 saturated carbocycles. The van der Waals surface area contributed by atoms with Crippen LogP contribution in [0.1, 0.15) is 5.56 Å². The van der Waals surface area contributed by atoms with Crippen LogP contribution in [0.4, 0.5) is 0 Å². The van der Waals surface area contributed by atoms with E-state index < -0.39 is 0 Å². The summed E-state index contributed by atoms with van der Waals surface area (Å²) < 4.78 is 8.24. The molecule has 5 aromatic rings. The molecule has 3 aromatic carbocycles. The molecule has 130 valence electrons. The number of hydrogen-bond donors (Lipinski definition) is 0. The van der Waals surface area contributed by atoms with Crippen molar-refractivity contribution in [1.82, 2.24) is 4.98 Å². The topological polar surface area (TPSA) is 29.9 Å². The van der Waals surface area contributed by atoms with Crippen LogP contribution in [0.15, 0.2) is 83.7 Å². The molecule has 0 spiro atoms. The van der Waals surface area contributed by atoms with E-state index in [0.717, 1.165) is 38.8 Å². The number of hydrogen-bond acceptors (Lipinski definition) is 2. The largest absolute Gasteiger partial charge is 0.455 e. The van der Waals surface area contributed by atoms with Crippen LogP contribution in [0.3, 0.4) is 0 Å². The molecule has 0 aliphatic rings. The molecular weight excluding hydrogens is 332 g/mol. The first-order valence-electron chi connectivity index (χ1n) is 9.04. The molecular formula is C24H19N2O+. The van der Waals surface area contributed by atoms with Gasteiger partial charge in [-0.1, -0.05) is 53.5 Å². The van der Waals surface area contributed by atoms with E-state index >= 15 is 0 Å². The van der Waals surface area contributed by atoms with Gasteiger partial charge in [0, 0.05) is 28.0 Å². The van der Waals surface area contributed by atoms with Crippen molar-refractivity contribution < 1.29 is 8.98 Å². The Balaban J connectivity index is 1.70. The Kier molecular flexibility index (Phi) is 3.54. The Morgan fingerprint density at radius 1 is 0.852 bits per heavy atom. The van der Waals surface area contributed by atoms with E-state index in [2.05, 4.69) is 60.4 Å². The van der Waals surface area contributed by atoms with Crippen LogP contribution in [0.25, 0.3) is 44.3 Å². The highest BCUT2D eigenvalue weighted by Gasteiger charge is 2.14. The van der Waals surface area contributed by atoms with Crippen LogP contribution in [-0.4, -0.2) is 4.98 Å². The molecule has 0 saturated heterocycles. The SMILES string of the molecule is Cc1cc(-c2cccc3c2oc2ccccc23)ccc1-c1ccnc[n+]1C. The number of para-hydroxylation sites is 2. The fourth-order valence-corrected chi connectivity index (χ4v) is 3.80. The summed E-state index contributed by atoms with van der Waals surface area (Å²) in [5.74, 6) is 0. The van der Waals surface area contributed by atoms with Crippen LogP contribution in [0.2, 0.25) is 0 Å². The lowest BCUT2D eigenvalue weighted by Gasteiger charge is -2.09. The van der Waals surface area contributed by atoms with Gasteiger partial charge in [0.2, 0.25) is 0 Å². The lowest BCUT2D eigenvalue weighted by Crippen LogP contribution is -2.31. The smallest absolute Gasteiger partial charge is 0.286 e. The summed E-state index contributed by atoms with van der Waals surface area (Å²) in [5.41, 5.74) is 7.74. The third kappa shape index (κ3) is 2.51. The number of fused-ring (bicyclic) bond motifs is 3. The van der Waals surface area contributed by atoms with Gasteiger partial charge in [0.1, 0.15) is 23.1 Å². The summed E-state index contributed by atoms with van der Waals surface area (Å²) in [7, 11) is 2.02. The summed E-state index contributed by atoms with van der Waals surface area (Å²) in [6.07, 6.45) is 3.66. The molecule has 3 heteroatoms. The van der Waals surface area contributed by atoms with Gasteiger partial charge >= 0.3 is 0 Å². The highest BCUT2D eigenvalue weighted by molar-refractivity contribution is 6.09. The van der Waals surface area contributed by atoms with Gasteiger partial charge in [-0.05, 0) is 30.2 Å². The van der Waals surface area contributed by atoms with Gasteiger partial charge in [0.25, 0.3) is 6.33 Å². The highest BCUT2D eigenvalue weighted by Crippen LogP contribution is 2.36. The molecule has 2 heterocycles. The van der Waals surface area contributed by atoms with Gasteiger partial charge in [0.05, 0.1) is 7.05 Å². The van der Waals surface area contributed by atoms with E-state index in [-0.39, 0.29) is 0 Å². The number of aryl methyl sites for hydroxylation is 2. The molecule has 0 aliphatic carbocycles. The summed E-state index contributed by atoms with van der Waals surface area (Å²) in [4.78, 5) is 4.17. The van der Waals surface area contributed by atoms with Crippen molar-refractivity contribution in [3.63, 3.8) is 0 Å². The van der Waals surface area contributed by atoms with Crippen molar-refractivity contribution >= 4 is 21.9 Å². The molecule has 2 aromatic heterocycles. The van der Waals surface area contributed by atoms with Gasteiger partial charge in [-0.3, -0.25) is 0 Å². The molecule has 3 nitrogen and oxygen atoms in total. The number of nitrogens with zero attached hydrogens (tertiary/aromatic N) is 2. The molecule has 0 N–H and O–H groups in total. The highest BCUT2D eigenvalue weighted by atomic mass is 16.3. The number of furan rings is 1. The summed E-state index contributed by atoms with van der Waals surface area (Å²) in [5, 5.41) is 2.32. The first kappa shape index (κ1) is 15.8. The third-order valence-electron chi connectivity index (χ3n) is 5.16. The zero-order valence-electron chi connectivity index (χ0n) is 15.3. The lowest BCUT2D eigenvalue weighted by molar-refractivity contribution is -0.663. The Morgan fingerprint density at radius 3 is 2.56 bits per heavy atom. The van der Waals surface area contributed by atoms with Crippen LogP contribution in [0.5, 0.6) is 0 Å². The second kappa shape index (κ2) is 6.06. The zero-order valence-corrected chi connectivity index (χ0v) is 15.3. The van der Waals surface area contributed by atoms with Gasteiger partial charge < -0.3 is 4.42 Å². The normalized spacial score (nSPS) is 11.3. The summed E-state index contributed by atoms with van der Waals surface area (Å²) in [6, 6.07) is 23.2. The van der Waals surface area contributed by atoms with E-state index in [0.29, 0.717) is 0 Å². The van der Waals surface area contributed by atoms with Crippen LogP contribution in [0, 0.1) is 6.92 Å². The average molecular weight is 351 g/mol. The standard InChI is InChI=1S/C24H19N2O/c1-16-14-17(10-11-18(16)22-12-13-25-15-26(22)2)19-7-5-8-21-20-6-3-4-9-23(20)27-24(19)21/h3-15H,1-2H3/q+1. The maximum Gasteiger partial charge on any atom is 0.286 e. The Morgan fingerprint density at radius 2 is 1.70 bits per heavy atom. The van der Waals surface area contributed by atoms with Crippen molar-refractivity contribution in [3.05, 3.63) is 84.8 Å². The predicted octanol–water partition coefficient (Wildman–Crippen LogP) is 5.45. The monoisotopic (exact) mass is 351 g/mol. The van der Waals surface area contributed by atoms with Crippen molar-refractivity contribution in [2.45, 2.75) is 6.92 Å². The van der Waals surface area contributed by atoms with Gasteiger partial charge in [-0.2, -0.15) is 0 Å². The molecule has 27 heavy (non-hydrogen) atoms. The van der Waals surface area contributed by atoms with Crippen molar-refractivity contribution in [2.24, 2.45) is 7.05 Å². The first-order valence-corrected chi connectivity index (χ1v) is 9.04. The van der Waals surface area contributed by atoms with Gasteiger partial charge in [0.15, 0.2) is 0 Å². The van der Waals surface area contributed by atoms with Gasteiger partial charge in [-0.15, -0.1) is 0 Å². The minimum atomic E-state index is 0.928. The fourth-order valence-electron chi connectivity index (χ4n) is 3.80. The van der Waals surface area contributed by atoms with Crippen molar-refractivity contribution in [2.75, 3.05) is 0 Å². The molecule has 0 amide bonds. The molecule has 0 bridgehead atoms. The fraction of sp³-hybridized carbons (Fsp3) is 0.0833. The van der Waals surface area contributed by atoms with E-state index in [1.807, 2.05) is 42.3 Å². The Bertz CT molecular complexity index is 1300. The maximum atomic E-state index is 6.20. The number of rotatable bonds is 2.